The highest BCUT2D eigenvalue weighted by Gasteiger charge is 2.25. The normalized spacial score (nSPS) is 16.8. The van der Waals surface area contributed by atoms with Crippen molar-refractivity contribution < 1.29 is 13.2 Å². The lowest BCUT2D eigenvalue weighted by molar-refractivity contribution is -0.132. The molecule has 7 nitrogen and oxygen atoms in total. The van der Waals surface area contributed by atoms with Crippen molar-refractivity contribution in [2.75, 3.05) is 32.4 Å². The number of aryl methyl sites for hydroxylation is 1. The maximum atomic E-state index is 12.3. The number of sulfonamides is 1. The van der Waals surface area contributed by atoms with E-state index in [1.165, 1.54) is 10.6 Å². The van der Waals surface area contributed by atoms with E-state index in [0.717, 1.165) is 11.0 Å². The smallest absolute Gasteiger partial charge is 0.224 e. The molecular weight excluding hydrogens is 316 g/mol. The number of amides is 1. The van der Waals surface area contributed by atoms with Crippen LogP contribution in [0.1, 0.15) is 6.42 Å². The highest BCUT2D eigenvalue weighted by Crippen LogP contribution is 2.13. The van der Waals surface area contributed by atoms with Crippen LogP contribution in [0.3, 0.4) is 0 Å². The van der Waals surface area contributed by atoms with Crippen molar-refractivity contribution >= 4 is 27.0 Å². The lowest BCUT2D eigenvalue weighted by atomic mass is 10.3. The number of carbonyl (C=O) groups is 1. The van der Waals surface area contributed by atoms with Gasteiger partial charge in [0.1, 0.15) is 0 Å². The molecule has 0 aliphatic carbocycles. The monoisotopic (exact) mass is 336 g/mol. The van der Waals surface area contributed by atoms with Gasteiger partial charge in [0, 0.05) is 39.1 Å². The number of nitrogens with zero attached hydrogens (tertiary/aromatic N) is 4. The molecule has 0 atom stereocenters. The summed E-state index contributed by atoms with van der Waals surface area (Å²) >= 11 is 0. The lowest BCUT2D eigenvalue weighted by Gasteiger charge is -2.33. The van der Waals surface area contributed by atoms with Crippen LogP contribution < -0.4 is 0 Å². The summed E-state index contributed by atoms with van der Waals surface area (Å²) in [6.07, 6.45) is 3.34. The van der Waals surface area contributed by atoms with Crippen molar-refractivity contribution in [3.05, 3.63) is 30.6 Å². The van der Waals surface area contributed by atoms with E-state index in [1.807, 2.05) is 28.8 Å². The number of hydrogen-bond acceptors (Lipinski definition) is 4. The Kier molecular flexibility index (Phi) is 4.36. The molecule has 0 bridgehead atoms. The second-order valence-corrected chi connectivity index (χ2v) is 7.70. The van der Waals surface area contributed by atoms with Crippen LogP contribution in [0.2, 0.25) is 0 Å². The number of imidazole rings is 1. The van der Waals surface area contributed by atoms with E-state index < -0.39 is 10.0 Å². The molecule has 1 amide bonds. The highest BCUT2D eigenvalue weighted by atomic mass is 32.2. The van der Waals surface area contributed by atoms with Crippen molar-refractivity contribution in [1.29, 1.82) is 0 Å². The lowest BCUT2D eigenvalue weighted by Crippen LogP contribution is -2.50. The maximum Gasteiger partial charge on any atom is 0.224 e. The number of hydrogen-bond donors (Lipinski definition) is 0. The molecule has 1 aromatic carbocycles. The van der Waals surface area contributed by atoms with Gasteiger partial charge in [-0.1, -0.05) is 12.1 Å². The Hall–Kier alpha value is -1.93. The average Bonchev–Trinajstić information content (AvgIpc) is 2.95. The predicted molar refractivity (Wildman–Crippen MR) is 87.3 cm³/mol. The second kappa shape index (κ2) is 6.29. The number of benzene rings is 1. The molecule has 2 aromatic rings. The van der Waals surface area contributed by atoms with Gasteiger partial charge in [0.05, 0.1) is 23.6 Å². The molecule has 0 spiro atoms. The van der Waals surface area contributed by atoms with E-state index in [2.05, 4.69) is 4.98 Å². The zero-order valence-electron chi connectivity index (χ0n) is 13.1. The Bertz CT molecular complexity index is 807. The Labute approximate surface area is 135 Å². The summed E-state index contributed by atoms with van der Waals surface area (Å²) in [6.45, 7) is 2.23. The van der Waals surface area contributed by atoms with Crippen LogP contribution in [0.15, 0.2) is 30.6 Å². The first-order chi connectivity index (χ1) is 10.9. The van der Waals surface area contributed by atoms with Crippen molar-refractivity contribution in [2.45, 2.75) is 13.0 Å². The van der Waals surface area contributed by atoms with Gasteiger partial charge in [-0.2, -0.15) is 4.31 Å². The van der Waals surface area contributed by atoms with Crippen molar-refractivity contribution in [3.8, 4) is 0 Å². The quantitative estimate of drug-likeness (QED) is 0.816. The van der Waals surface area contributed by atoms with Crippen LogP contribution in [0.4, 0.5) is 0 Å². The van der Waals surface area contributed by atoms with Crippen molar-refractivity contribution in [1.82, 2.24) is 18.8 Å². The summed E-state index contributed by atoms with van der Waals surface area (Å²) in [5.41, 5.74) is 1.93. The van der Waals surface area contributed by atoms with Gasteiger partial charge in [0.25, 0.3) is 0 Å². The number of piperazine rings is 1. The summed E-state index contributed by atoms with van der Waals surface area (Å²) in [7, 11) is -3.16. The minimum absolute atomic E-state index is 0.0518. The first kappa shape index (κ1) is 15.9. The molecule has 8 heteroatoms. The average molecular weight is 336 g/mol. The van der Waals surface area contributed by atoms with Crippen LogP contribution in [0.25, 0.3) is 11.0 Å². The number of aromatic nitrogens is 2. The molecule has 1 fully saturated rings. The third-order valence-corrected chi connectivity index (χ3v) is 5.46. The van der Waals surface area contributed by atoms with Crippen LogP contribution in [-0.4, -0.2) is 65.5 Å². The number of rotatable bonds is 4. The Balaban J connectivity index is 1.56. The molecule has 3 rings (SSSR count). The molecule has 0 radical (unpaired) electrons. The molecule has 1 aromatic heterocycles. The number of para-hydroxylation sites is 2. The molecule has 0 N–H and O–H groups in total. The van der Waals surface area contributed by atoms with E-state index in [1.54, 1.807) is 11.2 Å². The van der Waals surface area contributed by atoms with Crippen LogP contribution >= 0.6 is 0 Å². The Morgan fingerprint density at radius 3 is 2.57 bits per heavy atom. The summed E-state index contributed by atoms with van der Waals surface area (Å²) < 4.78 is 26.4. The van der Waals surface area contributed by atoms with Crippen LogP contribution in [-0.2, 0) is 21.4 Å². The largest absolute Gasteiger partial charge is 0.340 e. The van der Waals surface area contributed by atoms with Gasteiger partial charge >= 0.3 is 0 Å². The van der Waals surface area contributed by atoms with Crippen molar-refractivity contribution in [2.24, 2.45) is 0 Å². The Morgan fingerprint density at radius 2 is 1.87 bits per heavy atom. The van der Waals surface area contributed by atoms with E-state index in [0.29, 0.717) is 39.1 Å². The third-order valence-electron chi connectivity index (χ3n) is 4.15. The van der Waals surface area contributed by atoms with E-state index in [9.17, 15) is 13.2 Å². The highest BCUT2D eigenvalue weighted by molar-refractivity contribution is 7.88. The van der Waals surface area contributed by atoms with Gasteiger partial charge < -0.3 is 9.47 Å². The standard InChI is InChI=1S/C15H20N4O3S/c1-23(21,22)19-10-8-17(9-11-19)15(20)6-7-18-12-16-13-4-2-3-5-14(13)18/h2-5,12H,6-11H2,1H3. The fraction of sp³-hybridized carbons (Fsp3) is 0.467. The van der Waals surface area contributed by atoms with E-state index in [-0.39, 0.29) is 5.91 Å². The zero-order chi connectivity index (χ0) is 16.4. The molecular formula is C15H20N4O3S. The number of fused-ring (bicyclic) bond motifs is 1. The molecule has 23 heavy (non-hydrogen) atoms. The minimum atomic E-state index is -3.16. The predicted octanol–water partition coefficient (Wildman–Crippen LogP) is 0.530. The van der Waals surface area contributed by atoms with Gasteiger partial charge in [0.15, 0.2) is 0 Å². The zero-order valence-corrected chi connectivity index (χ0v) is 13.9. The Morgan fingerprint density at radius 1 is 1.17 bits per heavy atom. The SMILES string of the molecule is CS(=O)(=O)N1CCN(C(=O)CCn2cnc3ccccc32)CC1. The van der Waals surface area contributed by atoms with Gasteiger partial charge in [-0.25, -0.2) is 13.4 Å². The van der Waals surface area contributed by atoms with Crippen LogP contribution in [0.5, 0.6) is 0 Å². The van der Waals surface area contributed by atoms with Gasteiger partial charge in [0.2, 0.25) is 15.9 Å². The van der Waals surface area contributed by atoms with Gasteiger partial charge in [-0.3, -0.25) is 4.79 Å². The second-order valence-electron chi connectivity index (χ2n) is 5.72. The van der Waals surface area contributed by atoms with Gasteiger partial charge in [-0.15, -0.1) is 0 Å². The molecule has 2 heterocycles. The van der Waals surface area contributed by atoms with Gasteiger partial charge in [-0.05, 0) is 12.1 Å². The third kappa shape index (κ3) is 3.53. The fourth-order valence-electron chi connectivity index (χ4n) is 2.83. The maximum absolute atomic E-state index is 12.3. The number of carbonyl (C=O) groups excluding carboxylic acids is 1. The molecule has 1 saturated heterocycles. The minimum Gasteiger partial charge on any atom is -0.340 e. The summed E-state index contributed by atoms with van der Waals surface area (Å²) in [4.78, 5) is 18.4. The van der Waals surface area contributed by atoms with Crippen LogP contribution in [0, 0.1) is 0 Å². The molecule has 124 valence electrons. The first-order valence-corrected chi connectivity index (χ1v) is 9.43. The summed E-state index contributed by atoms with van der Waals surface area (Å²) in [5, 5.41) is 0. The van der Waals surface area contributed by atoms with E-state index >= 15 is 0 Å². The van der Waals surface area contributed by atoms with E-state index in [4.69, 9.17) is 0 Å². The first-order valence-electron chi connectivity index (χ1n) is 7.58. The molecule has 0 unspecified atom stereocenters. The molecule has 1 aliphatic rings. The topological polar surface area (TPSA) is 75.5 Å². The molecule has 0 saturated carbocycles. The summed E-state index contributed by atoms with van der Waals surface area (Å²) in [6, 6.07) is 7.81. The fourth-order valence-corrected chi connectivity index (χ4v) is 3.66. The summed E-state index contributed by atoms with van der Waals surface area (Å²) in [5.74, 6) is 0.0518. The van der Waals surface area contributed by atoms with Crippen molar-refractivity contribution in [3.63, 3.8) is 0 Å². The molecule has 1 aliphatic heterocycles.